The highest BCUT2D eigenvalue weighted by Crippen LogP contribution is 2.05. The molecule has 0 aliphatic heterocycles. The third-order valence-electron chi connectivity index (χ3n) is 1.10. The number of carbonyl (C=O) groups is 2. The summed E-state index contributed by atoms with van der Waals surface area (Å²) in [7, 11) is 1.56. The van der Waals surface area contributed by atoms with Crippen molar-refractivity contribution in [3.05, 3.63) is 0 Å². The molecule has 11 heavy (non-hydrogen) atoms. The molecule has 0 saturated carbocycles. The number of amides is 1. The molecule has 0 aromatic rings. The van der Waals surface area contributed by atoms with Crippen molar-refractivity contribution in [2.75, 3.05) is 12.8 Å². The first-order valence-electron chi connectivity index (χ1n) is 3.57. The van der Waals surface area contributed by atoms with Gasteiger partial charge in [0.15, 0.2) is 5.12 Å². The van der Waals surface area contributed by atoms with E-state index in [0.29, 0.717) is 6.42 Å². The van der Waals surface area contributed by atoms with E-state index in [9.17, 15) is 9.59 Å². The molecule has 0 unspecified atom stereocenters. The molecule has 0 heterocycles. The van der Waals surface area contributed by atoms with Gasteiger partial charge in [0.25, 0.3) is 0 Å². The van der Waals surface area contributed by atoms with Gasteiger partial charge in [-0.25, -0.2) is 0 Å². The smallest absolute Gasteiger partial charge is 0.230 e. The molecule has 0 aromatic carbocycles. The molecular formula is C7H13NO2S. The molecule has 0 bridgehead atoms. The van der Waals surface area contributed by atoms with Crippen LogP contribution >= 0.6 is 11.8 Å². The number of carbonyl (C=O) groups excluding carboxylic acids is 2. The van der Waals surface area contributed by atoms with Crippen LogP contribution in [0.5, 0.6) is 0 Å². The maximum Gasteiger partial charge on any atom is 0.230 e. The Bertz CT molecular complexity index is 147. The summed E-state index contributed by atoms with van der Waals surface area (Å²) in [6.45, 7) is 1.94. The van der Waals surface area contributed by atoms with Crippen molar-refractivity contribution >= 4 is 22.8 Å². The van der Waals surface area contributed by atoms with E-state index in [2.05, 4.69) is 5.32 Å². The number of hydrogen-bond acceptors (Lipinski definition) is 3. The highest BCUT2D eigenvalue weighted by molar-refractivity contribution is 8.14. The van der Waals surface area contributed by atoms with Gasteiger partial charge >= 0.3 is 0 Å². The van der Waals surface area contributed by atoms with Crippen LogP contribution in [0, 0.1) is 0 Å². The molecule has 4 heteroatoms. The summed E-state index contributed by atoms with van der Waals surface area (Å²) >= 11 is 1.08. The second-order valence-electron chi connectivity index (χ2n) is 2.08. The standard InChI is InChI=1S/C7H13NO2S/c1-3-4-7(10)11-5-6(9)8-2/h3-5H2,1-2H3,(H,8,9). The normalized spacial score (nSPS) is 9.27. The van der Waals surface area contributed by atoms with E-state index in [1.165, 1.54) is 0 Å². The lowest BCUT2D eigenvalue weighted by Gasteiger charge is -1.97. The summed E-state index contributed by atoms with van der Waals surface area (Å²) < 4.78 is 0. The lowest BCUT2D eigenvalue weighted by Crippen LogP contribution is -2.20. The molecule has 3 nitrogen and oxygen atoms in total. The summed E-state index contributed by atoms with van der Waals surface area (Å²) in [5, 5.41) is 2.54. The van der Waals surface area contributed by atoms with Crippen molar-refractivity contribution in [3.8, 4) is 0 Å². The van der Waals surface area contributed by atoms with Gasteiger partial charge in [-0.1, -0.05) is 18.7 Å². The maximum absolute atomic E-state index is 10.8. The Morgan fingerprint density at radius 3 is 2.55 bits per heavy atom. The van der Waals surface area contributed by atoms with Crippen LogP contribution in [0.1, 0.15) is 19.8 Å². The number of hydrogen-bond donors (Lipinski definition) is 1. The quantitative estimate of drug-likeness (QED) is 0.687. The summed E-state index contributed by atoms with van der Waals surface area (Å²) in [4.78, 5) is 21.5. The summed E-state index contributed by atoms with van der Waals surface area (Å²) in [6, 6.07) is 0. The Labute approximate surface area is 70.9 Å². The summed E-state index contributed by atoms with van der Waals surface area (Å²) in [5.41, 5.74) is 0. The van der Waals surface area contributed by atoms with E-state index >= 15 is 0 Å². The van der Waals surface area contributed by atoms with Crippen molar-refractivity contribution in [2.45, 2.75) is 19.8 Å². The molecule has 64 valence electrons. The monoisotopic (exact) mass is 175 g/mol. The lowest BCUT2D eigenvalue weighted by molar-refractivity contribution is -0.118. The van der Waals surface area contributed by atoms with E-state index < -0.39 is 0 Å². The summed E-state index contributed by atoms with van der Waals surface area (Å²) in [5.74, 6) is 0.148. The van der Waals surface area contributed by atoms with Gasteiger partial charge < -0.3 is 5.32 Å². The predicted molar refractivity (Wildman–Crippen MR) is 46.4 cm³/mol. The SMILES string of the molecule is CCCC(=O)SCC(=O)NC. The first-order valence-corrected chi connectivity index (χ1v) is 4.55. The molecule has 0 radical (unpaired) electrons. The molecule has 0 saturated heterocycles. The van der Waals surface area contributed by atoms with Crippen LogP contribution in [0.3, 0.4) is 0 Å². The Balaban J connectivity index is 3.38. The van der Waals surface area contributed by atoms with Crippen LogP contribution in [0.15, 0.2) is 0 Å². The van der Waals surface area contributed by atoms with E-state index in [1.807, 2.05) is 6.92 Å². The third kappa shape index (κ3) is 5.91. The molecule has 0 aromatic heterocycles. The number of thioether (sulfide) groups is 1. The fourth-order valence-corrected chi connectivity index (χ4v) is 1.28. The van der Waals surface area contributed by atoms with Gasteiger partial charge in [0.1, 0.15) is 0 Å². The molecule has 0 atom stereocenters. The number of nitrogens with one attached hydrogen (secondary N) is 1. The largest absolute Gasteiger partial charge is 0.358 e. The van der Waals surface area contributed by atoms with Crippen LogP contribution in [-0.2, 0) is 9.59 Å². The Kier molecular flexibility index (Phi) is 5.93. The average molecular weight is 175 g/mol. The lowest BCUT2D eigenvalue weighted by atomic mass is 10.4. The topological polar surface area (TPSA) is 46.2 Å². The zero-order valence-corrected chi connectivity index (χ0v) is 7.66. The van der Waals surface area contributed by atoms with E-state index in [4.69, 9.17) is 0 Å². The molecule has 1 amide bonds. The zero-order valence-electron chi connectivity index (χ0n) is 6.85. The molecule has 0 aliphatic rings. The van der Waals surface area contributed by atoms with Gasteiger partial charge in [-0.2, -0.15) is 0 Å². The van der Waals surface area contributed by atoms with Gasteiger partial charge in [-0.05, 0) is 6.42 Å². The Hall–Kier alpha value is -0.510. The number of rotatable bonds is 4. The molecular weight excluding hydrogens is 162 g/mol. The fraction of sp³-hybridized carbons (Fsp3) is 0.714. The van der Waals surface area contributed by atoms with Crippen molar-refractivity contribution in [2.24, 2.45) is 0 Å². The van der Waals surface area contributed by atoms with Gasteiger partial charge in [-0.3, -0.25) is 9.59 Å². The average Bonchev–Trinajstić information content (AvgIpc) is 2.01. The van der Waals surface area contributed by atoms with Crippen molar-refractivity contribution in [1.82, 2.24) is 5.32 Å². The van der Waals surface area contributed by atoms with Crippen LogP contribution in [0.4, 0.5) is 0 Å². The Morgan fingerprint density at radius 1 is 1.45 bits per heavy atom. The zero-order chi connectivity index (χ0) is 8.69. The summed E-state index contributed by atoms with van der Waals surface area (Å²) in [6.07, 6.45) is 1.40. The molecule has 0 aliphatic carbocycles. The third-order valence-corrected chi connectivity index (χ3v) is 2.03. The molecule has 0 fully saturated rings. The first-order chi connectivity index (χ1) is 5.20. The minimum atomic E-state index is -0.0977. The highest BCUT2D eigenvalue weighted by Gasteiger charge is 2.03. The van der Waals surface area contributed by atoms with Crippen molar-refractivity contribution in [3.63, 3.8) is 0 Å². The minimum absolute atomic E-state index is 0.0936. The van der Waals surface area contributed by atoms with Crippen LogP contribution < -0.4 is 5.32 Å². The van der Waals surface area contributed by atoms with Gasteiger partial charge in [-0.15, -0.1) is 0 Å². The first kappa shape index (κ1) is 10.5. The van der Waals surface area contributed by atoms with Crippen molar-refractivity contribution in [1.29, 1.82) is 0 Å². The minimum Gasteiger partial charge on any atom is -0.358 e. The van der Waals surface area contributed by atoms with Gasteiger partial charge in [0, 0.05) is 13.5 Å². The highest BCUT2D eigenvalue weighted by atomic mass is 32.2. The maximum atomic E-state index is 10.8. The van der Waals surface area contributed by atoms with E-state index in [0.717, 1.165) is 18.2 Å². The Morgan fingerprint density at radius 2 is 2.09 bits per heavy atom. The second kappa shape index (κ2) is 6.22. The fourth-order valence-electron chi connectivity index (χ4n) is 0.495. The molecule has 1 N–H and O–H groups in total. The van der Waals surface area contributed by atoms with Gasteiger partial charge in [0.05, 0.1) is 5.75 Å². The second-order valence-corrected chi connectivity index (χ2v) is 3.12. The molecule has 0 rings (SSSR count). The van der Waals surface area contributed by atoms with Crippen LogP contribution in [0.2, 0.25) is 0 Å². The van der Waals surface area contributed by atoms with E-state index in [1.54, 1.807) is 7.05 Å². The molecule has 0 spiro atoms. The predicted octanol–water partition coefficient (Wildman–Crippen LogP) is 0.792. The van der Waals surface area contributed by atoms with Crippen molar-refractivity contribution < 1.29 is 9.59 Å². The van der Waals surface area contributed by atoms with Crippen LogP contribution in [-0.4, -0.2) is 23.8 Å². The van der Waals surface area contributed by atoms with Gasteiger partial charge in [0.2, 0.25) is 5.91 Å². The van der Waals surface area contributed by atoms with Crippen LogP contribution in [0.25, 0.3) is 0 Å². The van der Waals surface area contributed by atoms with E-state index in [-0.39, 0.29) is 16.8 Å².